The predicted octanol–water partition coefficient (Wildman–Crippen LogP) is -7.38. The van der Waals surface area contributed by atoms with Gasteiger partial charge in [0, 0.05) is 0 Å². The Bertz CT molecular complexity index is 96.1. The van der Waals surface area contributed by atoms with E-state index in [1.165, 1.54) is 14.4 Å². The van der Waals surface area contributed by atoms with Crippen LogP contribution in [0.4, 0.5) is 0 Å². The van der Waals surface area contributed by atoms with Crippen LogP contribution in [0.1, 0.15) is 0 Å². The molecule has 0 rings (SSSR count). The van der Waals surface area contributed by atoms with Crippen LogP contribution in [0.5, 0.6) is 0 Å². The molecule has 0 saturated carbocycles. The molecule has 0 heterocycles. The van der Waals surface area contributed by atoms with Crippen molar-refractivity contribution in [1.82, 2.24) is 0 Å². The minimum atomic E-state index is -4.04. The van der Waals surface area contributed by atoms with E-state index in [-0.39, 0.29) is 59.1 Å². The van der Waals surface area contributed by atoms with Gasteiger partial charge >= 0.3 is 95.2 Å². The average molecular weight is 205 g/mol. The van der Waals surface area contributed by atoms with E-state index in [9.17, 15) is 0 Å². The Kier molecular flexibility index (Phi) is 15.6. The van der Waals surface area contributed by atoms with Gasteiger partial charge in [0.1, 0.15) is 0 Å². The first-order valence-electron chi connectivity index (χ1n) is 0.667. The second-order valence-electron chi connectivity index (χ2n) is 0.408. The van der Waals surface area contributed by atoms with Crippen molar-refractivity contribution in [2.45, 2.75) is 0 Å². The molecule has 0 bridgehead atoms. The smallest absolute Gasteiger partial charge is 1.00 e. The predicted molar refractivity (Wildman–Crippen MR) is 15.5 cm³/mol. The minimum absolute atomic E-state index is 0. The Hall–Kier alpha value is 2.59. The first-order valence-corrected chi connectivity index (χ1v) is 4.10. The van der Waals surface area contributed by atoms with Crippen molar-refractivity contribution in [2.24, 2.45) is 0 Å². The van der Waals surface area contributed by atoms with Gasteiger partial charge < -0.3 is 0 Å². The van der Waals surface area contributed by atoms with Gasteiger partial charge in [-0.05, 0) is 0 Å². The third-order valence-corrected chi connectivity index (χ3v) is 0. The fourth-order valence-corrected chi connectivity index (χ4v) is 0. The quantitative estimate of drug-likeness (QED) is 0.369. The molecule has 0 fully saturated rings. The Balaban J connectivity index is -0.0000000800. The monoisotopic (exact) mass is 206 g/mol. The summed E-state index contributed by atoms with van der Waals surface area (Å²) in [6, 6.07) is 0. The molecule has 0 aliphatic rings. The Morgan fingerprint density at radius 2 is 1.29 bits per heavy atom. The second-order valence-corrected chi connectivity index (χ2v) is 3.79. The molecular formula is Na2O3SSe. The third kappa shape index (κ3) is 55.6. The van der Waals surface area contributed by atoms with Gasteiger partial charge in [0.15, 0.2) is 0 Å². The summed E-state index contributed by atoms with van der Waals surface area (Å²) >= 11 is 1.40. The summed E-state index contributed by atoms with van der Waals surface area (Å²) in [5.74, 6) is 0. The van der Waals surface area contributed by atoms with Gasteiger partial charge in [-0.1, -0.05) is 0 Å². The van der Waals surface area contributed by atoms with Crippen molar-refractivity contribution in [3.05, 3.63) is 0 Å². The van der Waals surface area contributed by atoms with Crippen LogP contribution in [0, 0.1) is 0 Å². The van der Waals surface area contributed by atoms with Crippen LogP contribution in [-0.4, -0.2) is 27.7 Å². The van der Waals surface area contributed by atoms with Crippen molar-refractivity contribution in [2.75, 3.05) is 0 Å². The van der Waals surface area contributed by atoms with E-state index >= 15 is 0 Å². The van der Waals surface area contributed by atoms with Crippen LogP contribution >= 0.6 is 0 Å². The molecule has 7 heavy (non-hydrogen) atoms. The zero-order valence-corrected chi connectivity index (χ0v) is 10.6. The van der Waals surface area contributed by atoms with Gasteiger partial charge in [0.05, 0.1) is 0 Å². The van der Waals surface area contributed by atoms with Crippen LogP contribution in [0.2, 0.25) is 0 Å². The number of hydrogen-bond acceptors (Lipinski definition) is 3. The molecule has 0 unspecified atom stereocenters. The first kappa shape index (κ1) is 16.3. The molecule has 0 atom stereocenters. The maximum Gasteiger partial charge on any atom is 1.00 e. The normalized spacial score (nSPS) is 8.29. The van der Waals surface area contributed by atoms with Gasteiger partial charge in [-0.15, -0.1) is 0 Å². The van der Waals surface area contributed by atoms with Crippen LogP contribution < -0.4 is 59.1 Å². The molecule has 0 aliphatic carbocycles. The van der Waals surface area contributed by atoms with E-state index < -0.39 is 8.42 Å². The molecule has 0 aromatic carbocycles. The van der Waals surface area contributed by atoms with Crippen LogP contribution in [0.15, 0.2) is 0 Å². The maximum absolute atomic E-state index is 9.02. The summed E-state index contributed by atoms with van der Waals surface area (Å²) in [6.07, 6.45) is 0. The summed E-state index contributed by atoms with van der Waals surface area (Å²) in [5.41, 5.74) is 0. The van der Waals surface area contributed by atoms with E-state index in [0.717, 1.165) is 0 Å². The molecular weight excluding hydrogens is 205 g/mol. The molecule has 7 heteroatoms. The van der Waals surface area contributed by atoms with Crippen molar-refractivity contribution >= 4 is 22.8 Å². The Labute approximate surface area is 93.5 Å². The molecule has 0 radical (unpaired) electrons. The van der Waals surface area contributed by atoms with Crippen molar-refractivity contribution in [3.63, 3.8) is 0 Å². The molecule has 0 saturated heterocycles. The summed E-state index contributed by atoms with van der Waals surface area (Å²) < 4.78 is 27.1. The fraction of sp³-hybridized carbons (Fsp3) is 0. The zero-order valence-electron chi connectivity index (χ0n) is 4.04. The average Bonchev–Trinajstić information content (AvgIpc) is 0.722. The van der Waals surface area contributed by atoms with E-state index in [2.05, 4.69) is 0 Å². The SMILES string of the molecule is O=S([O-])([O-])=[Se].[Na+].[Na+]. The van der Waals surface area contributed by atoms with E-state index in [0.29, 0.717) is 0 Å². The largest absolute Gasteiger partial charge is 1.00 e. The van der Waals surface area contributed by atoms with E-state index in [1.54, 1.807) is 0 Å². The number of rotatable bonds is 0. The Morgan fingerprint density at radius 1 is 1.29 bits per heavy atom. The molecule has 32 valence electrons. The van der Waals surface area contributed by atoms with E-state index in [4.69, 9.17) is 13.3 Å². The standard InChI is InChI=1S/2Na.H2O3SSe/c;;1-4(2,3)5/h;;(H2,1,2,3,5)/q2*+1;/p-2. The fourth-order valence-electron chi connectivity index (χ4n) is 0. The van der Waals surface area contributed by atoms with Gasteiger partial charge in [-0.25, -0.2) is 0 Å². The molecule has 0 aromatic heterocycles. The third-order valence-electron chi connectivity index (χ3n) is 0. The molecule has 0 N–H and O–H groups in total. The van der Waals surface area contributed by atoms with Crippen molar-refractivity contribution in [3.8, 4) is 0 Å². The van der Waals surface area contributed by atoms with Gasteiger partial charge in [0.2, 0.25) is 0 Å². The zero-order chi connectivity index (χ0) is 4.50. The summed E-state index contributed by atoms with van der Waals surface area (Å²) in [7, 11) is -4.04. The topological polar surface area (TPSA) is 63.2 Å². The van der Waals surface area contributed by atoms with Crippen molar-refractivity contribution < 1.29 is 72.4 Å². The molecule has 3 nitrogen and oxygen atoms in total. The van der Waals surface area contributed by atoms with Crippen LogP contribution in [-0.2, 0) is 8.42 Å². The molecule has 0 aromatic rings. The van der Waals surface area contributed by atoms with Gasteiger partial charge in [-0.3, -0.25) is 0 Å². The molecule has 0 amide bonds. The Morgan fingerprint density at radius 3 is 1.29 bits per heavy atom. The van der Waals surface area contributed by atoms with Crippen LogP contribution in [0.3, 0.4) is 0 Å². The van der Waals surface area contributed by atoms with Crippen molar-refractivity contribution in [1.29, 1.82) is 0 Å². The minimum Gasteiger partial charge on any atom is 1.00 e. The summed E-state index contributed by atoms with van der Waals surface area (Å²) in [5, 5.41) is 0. The first-order chi connectivity index (χ1) is 2.00. The molecule has 0 aliphatic heterocycles. The summed E-state index contributed by atoms with van der Waals surface area (Å²) in [6.45, 7) is 0. The van der Waals surface area contributed by atoms with Gasteiger partial charge in [0.25, 0.3) is 0 Å². The molecule has 0 spiro atoms. The number of hydrogen-bond donors (Lipinski definition) is 0. The van der Waals surface area contributed by atoms with Gasteiger partial charge in [-0.2, -0.15) is 0 Å². The second kappa shape index (κ2) is 6.71. The maximum atomic E-state index is 9.02. The van der Waals surface area contributed by atoms with Crippen LogP contribution in [0.25, 0.3) is 0 Å². The van der Waals surface area contributed by atoms with E-state index in [1.807, 2.05) is 0 Å². The summed E-state index contributed by atoms with van der Waals surface area (Å²) in [4.78, 5) is 0.